The van der Waals surface area contributed by atoms with Crippen LogP contribution < -0.4 is 10.1 Å². The second-order valence-corrected chi connectivity index (χ2v) is 14.7. The second kappa shape index (κ2) is 13.0. The van der Waals surface area contributed by atoms with Crippen LogP contribution >= 0.6 is 0 Å². The molecule has 0 saturated carbocycles. The molecule has 1 N–H and O–H groups in total. The molecule has 2 aliphatic heterocycles. The normalized spacial score (nSPS) is 15.6. The first-order valence-electron chi connectivity index (χ1n) is 19.2. The number of nitrogens with one attached hydrogen (secondary N) is 1. The molecule has 1 unspecified atom stereocenters. The summed E-state index contributed by atoms with van der Waals surface area (Å²) in [6.45, 7) is 0. The third-order valence-electron chi connectivity index (χ3n) is 11.6. The molecule has 1 spiro atoms. The summed E-state index contributed by atoms with van der Waals surface area (Å²) in [5.74, 6) is 2.64. The van der Waals surface area contributed by atoms with Gasteiger partial charge < -0.3 is 10.1 Å². The van der Waals surface area contributed by atoms with Gasteiger partial charge in [0.25, 0.3) is 0 Å². The minimum atomic E-state index is -0.499. The standard InChI is InChI=1S/C53H36N2O/c1-3-14-35(15-4-1)39-18-13-19-41(32-39)49-34-48(37-16-5-2-6-17-37)54-52(55-49)38-28-26-36(27-29-38)40-30-31-51-47(33-40)53(46-24-11-12-25-50(46)56-51)44-22-9-7-20-42(44)43-21-8-10-23-45(43)53/h1-34,48H,(H,54,55). The van der Waals surface area contributed by atoms with E-state index in [1.54, 1.807) is 0 Å². The van der Waals surface area contributed by atoms with E-state index in [4.69, 9.17) is 9.73 Å². The van der Waals surface area contributed by atoms with Crippen LogP contribution in [-0.4, -0.2) is 5.84 Å². The quantitative estimate of drug-likeness (QED) is 0.192. The molecular formula is C53H36N2O. The Morgan fingerprint density at radius 3 is 1.70 bits per heavy atom. The predicted molar refractivity (Wildman–Crippen MR) is 228 cm³/mol. The molecule has 56 heavy (non-hydrogen) atoms. The maximum Gasteiger partial charge on any atom is 0.133 e. The summed E-state index contributed by atoms with van der Waals surface area (Å²) in [5.41, 5.74) is 16.0. The van der Waals surface area contributed by atoms with Crippen molar-refractivity contribution in [3.05, 3.63) is 245 Å². The van der Waals surface area contributed by atoms with Gasteiger partial charge in [0.15, 0.2) is 0 Å². The topological polar surface area (TPSA) is 33.6 Å². The van der Waals surface area contributed by atoms with Crippen LogP contribution in [0.15, 0.2) is 211 Å². The molecule has 0 amide bonds. The lowest BCUT2D eigenvalue weighted by Crippen LogP contribution is -2.32. The molecule has 0 radical (unpaired) electrons. The maximum absolute atomic E-state index is 6.68. The highest BCUT2D eigenvalue weighted by molar-refractivity contribution is 6.05. The molecule has 8 aromatic rings. The number of hydrogen-bond acceptors (Lipinski definition) is 3. The SMILES string of the molecule is C1=C(c2cccc(-c3ccccc3)c2)NC(c2ccc(-c3ccc4c(c3)C3(c5ccccc5O4)c4ccccc4-c4ccccc43)cc2)=NC1c1ccccc1. The third-order valence-corrected chi connectivity index (χ3v) is 11.6. The number of amidine groups is 1. The van der Waals surface area contributed by atoms with Gasteiger partial charge in [-0.15, -0.1) is 0 Å². The molecule has 8 aromatic carbocycles. The number of rotatable bonds is 5. The van der Waals surface area contributed by atoms with Crippen molar-refractivity contribution in [1.82, 2.24) is 5.32 Å². The van der Waals surface area contributed by atoms with Crippen molar-refractivity contribution in [1.29, 1.82) is 0 Å². The van der Waals surface area contributed by atoms with Gasteiger partial charge in [-0.25, -0.2) is 0 Å². The molecule has 11 rings (SSSR count). The van der Waals surface area contributed by atoms with Gasteiger partial charge in [0.1, 0.15) is 17.3 Å². The Hall–Kier alpha value is -7.23. The smallest absolute Gasteiger partial charge is 0.133 e. The van der Waals surface area contributed by atoms with Gasteiger partial charge in [0.05, 0.1) is 11.5 Å². The molecule has 2 heterocycles. The highest BCUT2D eigenvalue weighted by atomic mass is 16.5. The summed E-state index contributed by atoms with van der Waals surface area (Å²) in [5, 5.41) is 3.72. The van der Waals surface area contributed by atoms with Crippen LogP contribution in [0.25, 0.3) is 39.1 Å². The Morgan fingerprint density at radius 2 is 0.946 bits per heavy atom. The van der Waals surface area contributed by atoms with Crippen molar-refractivity contribution in [2.24, 2.45) is 4.99 Å². The highest BCUT2D eigenvalue weighted by Gasteiger charge is 2.51. The molecule has 0 saturated heterocycles. The number of ether oxygens (including phenoxy) is 1. The number of fused-ring (bicyclic) bond motifs is 9. The van der Waals surface area contributed by atoms with Crippen LogP contribution in [0.4, 0.5) is 0 Å². The summed E-state index contributed by atoms with van der Waals surface area (Å²) in [7, 11) is 0. The van der Waals surface area contributed by atoms with Crippen LogP contribution in [0.1, 0.15) is 45.0 Å². The largest absolute Gasteiger partial charge is 0.457 e. The summed E-state index contributed by atoms with van der Waals surface area (Å²) in [6.07, 6.45) is 2.24. The zero-order valence-electron chi connectivity index (χ0n) is 30.6. The lowest BCUT2D eigenvalue weighted by atomic mass is 9.66. The maximum atomic E-state index is 6.68. The second-order valence-electron chi connectivity index (χ2n) is 14.7. The van der Waals surface area contributed by atoms with Gasteiger partial charge in [-0.05, 0) is 86.0 Å². The van der Waals surface area contributed by atoms with E-state index in [1.165, 1.54) is 38.9 Å². The van der Waals surface area contributed by atoms with E-state index >= 15 is 0 Å². The third kappa shape index (κ3) is 5.09. The van der Waals surface area contributed by atoms with Crippen LogP contribution in [0.5, 0.6) is 11.5 Å². The Kier molecular flexibility index (Phi) is 7.46. The van der Waals surface area contributed by atoms with Gasteiger partial charge >= 0.3 is 0 Å². The van der Waals surface area contributed by atoms with Gasteiger partial charge in [-0.1, -0.05) is 176 Å². The number of nitrogens with zero attached hydrogens (tertiary/aromatic N) is 1. The zero-order valence-corrected chi connectivity index (χ0v) is 30.6. The summed E-state index contributed by atoms with van der Waals surface area (Å²) < 4.78 is 6.68. The van der Waals surface area contributed by atoms with Crippen LogP contribution in [0.3, 0.4) is 0 Å². The summed E-state index contributed by atoms with van der Waals surface area (Å²) >= 11 is 0. The van der Waals surface area contributed by atoms with Gasteiger partial charge in [0.2, 0.25) is 0 Å². The lowest BCUT2D eigenvalue weighted by molar-refractivity contribution is 0.436. The van der Waals surface area contributed by atoms with Crippen molar-refractivity contribution in [3.63, 3.8) is 0 Å². The first-order chi connectivity index (χ1) is 27.7. The number of benzene rings is 8. The minimum Gasteiger partial charge on any atom is -0.457 e. The monoisotopic (exact) mass is 716 g/mol. The van der Waals surface area contributed by atoms with E-state index in [0.29, 0.717) is 0 Å². The van der Waals surface area contributed by atoms with Crippen LogP contribution in [0.2, 0.25) is 0 Å². The molecular weight excluding hydrogens is 681 g/mol. The average Bonchev–Trinajstić information content (AvgIpc) is 3.57. The molecule has 3 heteroatoms. The molecule has 0 bridgehead atoms. The lowest BCUT2D eigenvalue weighted by Gasteiger charge is -2.39. The predicted octanol–water partition coefficient (Wildman–Crippen LogP) is 12.6. The van der Waals surface area contributed by atoms with Crippen molar-refractivity contribution >= 4 is 11.5 Å². The van der Waals surface area contributed by atoms with E-state index in [0.717, 1.165) is 56.4 Å². The Bertz CT molecular complexity index is 2810. The molecule has 3 aliphatic rings. The fourth-order valence-corrected chi connectivity index (χ4v) is 9.03. The van der Waals surface area contributed by atoms with E-state index in [1.807, 2.05) is 0 Å². The zero-order chi connectivity index (χ0) is 37.1. The van der Waals surface area contributed by atoms with Crippen LogP contribution in [0, 0.1) is 0 Å². The molecule has 264 valence electrons. The average molecular weight is 717 g/mol. The van der Waals surface area contributed by atoms with Crippen molar-refractivity contribution in [2.75, 3.05) is 0 Å². The van der Waals surface area contributed by atoms with E-state index < -0.39 is 5.41 Å². The first kappa shape index (κ1) is 32.2. The fourth-order valence-electron chi connectivity index (χ4n) is 9.03. The minimum absolute atomic E-state index is 0.126. The van der Waals surface area contributed by atoms with Crippen molar-refractivity contribution in [2.45, 2.75) is 11.5 Å². The Labute approximate surface area is 327 Å². The van der Waals surface area contributed by atoms with Crippen molar-refractivity contribution < 1.29 is 4.74 Å². The molecule has 0 aromatic heterocycles. The van der Waals surface area contributed by atoms with E-state index in [-0.39, 0.29) is 6.04 Å². The molecule has 0 fully saturated rings. The highest BCUT2D eigenvalue weighted by Crippen LogP contribution is 2.62. The number of hydrogen-bond donors (Lipinski definition) is 1. The van der Waals surface area contributed by atoms with Crippen LogP contribution in [-0.2, 0) is 5.41 Å². The van der Waals surface area contributed by atoms with Gasteiger partial charge in [0, 0.05) is 22.4 Å². The summed E-state index contributed by atoms with van der Waals surface area (Å²) in [6, 6.07) is 71.4. The molecule has 3 nitrogen and oxygen atoms in total. The Morgan fingerprint density at radius 1 is 0.411 bits per heavy atom. The summed E-state index contributed by atoms with van der Waals surface area (Å²) in [4.78, 5) is 5.26. The first-order valence-corrected chi connectivity index (χ1v) is 19.2. The molecule has 1 atom stereocenters. The molecule has 1 aliphatic carbocycles. The van der Waals surface area contributed by atoms with Crippen molar-refractivity contribution in [3.8, 4) is 44.9 Å². The Balaban J connectivity index is 0.985. The van der Waals surface area contributed by atoms with Gasteiger partial charge in [-0.3, -0.25) is 4.99 Å². The number of para-hydroxylation sites is 1. The van der Waals surface area contributed by atoms with Gasteiger partial charge in [-0.2, -0.15) is 0 Å². The van der Waals surface area contributed by atoms with E-state index in [2.05, 4.69) is 212 Å². The van der Waals surface area contributed by atoms with E-state index in [9.17, 15) is 0 Å². The fraction of sp³-hybridized carbons (Fsp3) is 0.0377. The number of aliphatic imine (C=N–C) groups is 1.